The largest absolute Gasteiger partial charge is 0.486 e. The van der Waals surface area contributed by atoms with E-state index in [-0.39, 0.29) is 16.4 Å². The molecule has 0 aliphatic carbocycles. The highest BCUT2D eigenvalue weighted by Gasteiger charge is 2.24. The van der Waals surface area contributed by atoms with Crippen molar-refractivity contribution in [2.45, 2.75) is 0 Å². The molecule has 0 saturated carbocycles. The van der Waals surface area contributed by atoms with Crippen LogP contribution in [-0.4, -0.2) is 23.4 Å². The van der Waals surface area contributed by atoms with E-state index in [0.29, 0.717) is 30.4 Å². The number of nitrogens with two attached hydrogens (primary N) is 1. The van der Waals surface area contributed by atoms with Crippen LogP contribution in [0.1, 0.15) is 0 Å². The maximum atomic E-state index is 14.1. The van der Waals surface area contributed by atoms with Gasteiger partial charge >= 0.3 is 0 Å². The molecular weight excluding hydrogens is 261 g/mol. The summed E-state index contributed by atoms with van der Waals surface area (Å²) in [4.78, 5) is 0. The van der Waals surface area contributed by atoms with Gasteiger partial charge in [-0.05, 0) is 0 Å². The molecule has 1 aromatic carbocycles. The van der Waals surface area contributed by atoms with E-state index >= 15 is 0 Å². The number of ether oxygens (including phenoxy) is 2. The summed E-state index contributed by atoms with van der Waals surface area (Å²) < 4.78 is 25.0. The highest BCUT2D eigenvalue weighted by atomic mass is 35.5. The van der Waals surface area contributed by atoms with Gasteiger partial charge in [0.25, 0.3) is 0 Å². The molecule has 3 N–H and O–H groups in total. The fourth-order valence-corrected chi connectivity index (χ4v) is 2.03. The topological polar surface area (TPSA) is 73.2 Å². The predicted octanol–water partition coefficient (Wildman–Crippen LogP) is 2.22. The number of aromatic amines is 1. The number of rotatable bonds is 1. The van der Waals surface area contributed by atoms with Gasteiger partial charge in [0.2, 0.25) is 0 Å². The molecule has 1 aliphatic rings. The van der Waals surface area contributed by atoms with E-state index in [1.807, 2.05) is 0 Å². The van der Waals surface area contributed by atoms with Gasteiger partial charge in [-0.25, -0.2) is 4.39 Å². The SMILES string of the molecule is Nc1cc(-c2c(F)c(Cl)cc3c2OCCO3)[nH]n1. The summed E-state index contributed by atoms with van der Waals surface area (Å²) in [7, 11) is 0. The van der Waals surface area contributed by atoms with Crippen molar-refractivity contribution in [1.82, 2.24) is 10.2 Å². The molecule has 2 heterocycles. The first kappa shape index (κ1) is 11.2. The van der Waals surface area contributed by atoms with Gasteiger partial charge in [0, 0.05) is 12.1 Å². The van der Waals surface area contributed by atoms with Gasteiger partial charge in [-0.2, -0.15) is 5.10 Å². The molecule has 7 heteroatoms. The lowest BCUT2D eigenvalue weighted by Gasteiger charge is -2.21. The van der Waals surface area contributed by atoms with E-state index in [1.165, 1.54) is 12.1 Å². The maximum absolute atomic E-state index is 14.1. The average Bonchev–Trinajstić information content (AvgIpc) is 2.77. The van der Waals surface area contributed by atoms with E-state index in [2.05, 4.69) is 10.2 Å². The van der Waals surface area contributed by atoms with Gasteiger partial charge in [0.05, 0.1) is 16.3 Å². The van der Waals surface area contributed by atoms with Crippen molar-refractivity contribution in [1.29, 1.82) is 0 Å². The van der Waals surface area contributed by atoms with E-state index < -0.39 is 5.82 Å². The normalized spacial score (nSPS) is 13.7. The molecule has 1 aromatic heterocycles. The van der Waals surface area contributed by atoms with Gasteiger partial charge in [0.15, 0.2) is 17.3 Å². The number of hydrogen-bond acceptors (Lipinski definition) is 4. The van der Waals surface area contributed by atoms with Crippen LogP contribution in [0.2, 0.25) is 5.02 Å². The molecule has 0 unspecified atom stereocenters. The van der Waals surface area contributed by atoms with Crippen molar-refractivity contribution in [2.75, 3.05) is 18.9 Å². The number of hydrogen-bond donors (Lipinski definition) is 2. The van der Waals surface area contributed by atoms with Gasteiger partial charge in [0.1, 0.15) is 19.0 Å². The molecule has 0 radical (unpaired) electrons. The second kappa shape index (κ2) is 4.06. The molecule has 0 amide bonds. The zero-order chi connectivity index (χ0) is 12.7. The van der Waals surface area contributed by atoms with E-state index in [0.717, 1.165) is 0 Å². The third kappa shape index (κ3) is 1.65. The number of fused-ring (bicyclic) bond motifs is 1. The van der Waals surface area contributed by atoms with Crippen molar-refractivity contribution in [3.05, 3.63) is 23.0 Å². The van der Waals surface area contributed by atoms with E-state index in [9.17, 15) is 4.39 Å². The number of anilines is 1. The number of nitrogens with one attached hydrogen (secondary N) is 1. The lowest BCUT2D eigenvalue weighted by molar-refractivity contribution is 0.171. The number of nitrogen functional groups attached to an aromatic ring is 1. The first-order valence-corrected chi connectivity index (χ1v) is 5.63. The zero-order valence-corrected chi connectivity index (χ0v) is 9.92. The summed E-state index contributed by atoms with van der Waals surface area (Å²) in [6.45, 7) is 0.754. The Bertz CT molecular complexity index is 615. The summed E-state index contributed by atoms with van der Waals surface area (Å²) in [5.74, 6) is 0.391. The summed E-state index contributed by atoms with van der Waals surface area (Å²) in [6, 6.07) is 2.90. The minimum absolute atomic E-state index is 0.0394. The van der Waals surface area contributed by atoms with Gasteiger partial charge in [-0.3, -0.25) is 5.10 Å². The van der Waals surface area contributed by atoms with E-state index in [1.54, 1.807) is 0 Å². The Morgan fingerprint density at radius 3 is 2.83 bits per heavy atom. The third-order valence-corrected chi connectivity index (χ3v) is 2.87. The average molecular weight is 270 g/mol. The monoisotopic (exact) mass is 269 g/mol. The number of benzene rings is 1. The quantitative estimate of drug-likeness (QED) is 0.833. The Morgan fingerprint density at radius 1 is 1.33 bits per heavy atom. The molecule has 5 nitrogen and oxygen atoms in total. The standard InChI is InChI=1S/C11H9ClFN3O2/c12-5-3-7-11(18-2-1-17-7)9(10(5)13)6-4-8(14)16-15-6/h3-4H,1-2H2,(H3,14,15,16). The molecule has 1 aliphatic heterocycles. The Balaban J connectivity index is 2.26. The summed E-state index contributed by atoms with van der Waals surface area (Å²) >= 11 is 5.83. The number of H-pyrrole nitrogens is 1. The maximum Gasteiger partial charge on any atom is 0.173 e. The molecule has 0 atom stereocenters. The Kier molecular flexibility index (Phi) is 2.52. The molecule has 18 heavy (non-hydrogen) atoms. The minimum atomic E-state index is -0.593. The molecule has 0 saturated heterocycles. The van der Waals surface area contributed by atoms with Gasteiger partial charge < -0.3 is 15.2 Å². The highest BCUT2D eigenvalue weighted by Crippen LogP contribution is 2.44. The highest BCUT2D eigenvalue weighted by molar-refractivity contribution is 6.31. The van der Waals surface area contributed by atoms with Crippen LogP contribution in [0.15, 0.2) is 12.1 Å². The smallest absolute Gasteiger partial charge is 0.173 e. The third-order valence-electron chi connectivity index (χ3n) is 2.59. The van der Waals surface area contributed by atoms with Gasteiger partial charge in [-0.15, -0.1) is 0 Å². The van der Waals surface area contributed by atoms with Crippen LogP contribution >= 0.6 is 11.6 Å². The lowest BCUT2D eigenvalue weighted by atomic mass is 10.1. The van der Waals surface area contributed by atoms with Crippen LogP contribution in [0.5, 0.6) is 11.5 Å². The Hall–Kier alpha value is -1.95. The fraction of sp³-hybridized carbons (Fsp3) is 0.182. The molecule has 0 bridgehead atoms. The van der Waals surface area contributed by atoms with E-state index in [4.69, 9.17) is 26.8 Å². The summed E-state index contributed by atoms with van der Waals surface area (Å²) in [6.07, 6.45) is 0. The molecule has 3 rings (SSSR count). The van der Waals surface area contributed by atoms with Crippen molar-refractivity contribution in [2.24, 2.45) is 0 Å². The zero-order valence-electron chi connectivity index (χ0n) is 9.17. The van der Waals surface area contributed by atoms with Gasteiger partial charge in [-0.1, -0.05) is 11.6 Å². The molecule has 94 valence electrons. The molecule has 0 fully saturated rings. The van der Waals surface area contributed by atoms with Crippen LogP contribution in [0.4, 0.5) is 10.2 Å². The Morgan fingerprint density at radius 2 is 2.11 bits per heavy atom. The van der Waals surface area contributed by atoms with Crippen molar-refractivity contribution in [3.8, 4) is 22.8 Å². The Labute approximate surface area is 107 Å². The fourth-order valence-electron chi connectivity index (χ4n) is 1.84. The molecule has 0 spiro atoms. The summed E-state index contributed by atoms with van der Waals surface area (Å²) in [5, 5.41) is 6.35. The van der Waals surface area contributed by atoms with Crippen LogP contribution < -0.4 is 15.2 Å². The number of aromatic nitrogens is 2. The lowest BCUT2D eigenvalue weighted by Crippen LogP contribution is -2.16. The number of nitrogens with zero attached hydrogens (tertiary/aromatic N) is 1. The number of halogens is 2. The minimum Gasteiger partial charge on any atom is -0.486 e. The predicted molar refractivity (Wildman–Crippen MR) is 64.4 cm³/mol. The second-order valence-corrected chi connectivity index (χ2v) is 4.19. The van der Waals surface area contributed by atoms with Crippen molar-refractivity contribution in [3.63, 3.8) is 0 Å². The first-order valence-electron chi connectivity index (χ1n) is 5.25. The van der Waals surface area contributed by atoms with Crippen LogP contribution in [0.25, 0.3) is 11.3 Å². The first-order chi connectivity index (χ1) is 8.66. The van der Waals surface area contributed by atoms with Crippen LogP contribution in [0.3, 0.4) is 0 Å². The van der Waals surface area contributed by atoms with Crippen LogP contribution in [-0.2, 0) is 0 Å². The molecular formula is C11H9ClFN3O2. The van der Waals surface area contributed by atoms with Crippen LogP contribution in [0, 0.1) is 5.82 Å². The van der Waals surface area contributed by atoms with Crippen molar-refractivity contribution < 1.29 is 13.9 Å². The summed E-state index contributed by atoms with van der Waals surface area (Å²) in [5.41, 5.74) is 6.09. The molecule has 2 aromatic rings. The van der Waals surface area contributed by atoms with Crippen molar-refractivity contribution >= 4 is 17.4 Å². The second-order valence-electron chi connectivity index (χ2n) is 3.78.